The van der Waals surface area contributed by atoms with Gasteiger partial charge < -0.3 is 9.47 Å². The summed E-state index contributed by atoms with van der Waals surface area (Å²) in [6.07, 6.45) is 7.18. The molecule has 0 aromatic carbocycles. The normalized spacial score (nSPS) is 41.4. The molecule has 0 aromatic heterocycles. The Bertz CT molecular complexity index is 843. The van der Waals surface area contributed by atoms with Crippen molar-refractivity contribution in [2.75, 3.05) is 6.61 Å². The fourth-order valence-electron chi connectivity index (χ4n) is 7.78. The highest BCUT2D eigenvalue weighted by Crippen LogP contribution is 2.67. The molecule has 0 spiro atoms. The summed E-state index contributed by atoms with van der Waals surface area (Å²) in [6, 6.07) is 0. The summed E-state index contributed by atoms with van der Waals surface area (Å²) in [5.41, 5.74) is 0.796. The number of allylic oxidation sites excluding steroid dienone is 1. The van der Waals surface area contributed by atoms with Crippen LogP contribution in [0.5, 0.6) is 0 Å². The second-order valence-corrected chi connectivity index (χ2v) is 10.6. The van der Waals surface area contributed by atoms with Crippen LogP contribution in [0.25, 0.3) is 0 Å². The van der Waals surface area contributed by atoms with E-state index in [1.165, 1.54) is 19.4 Å². The molecule has 4 aliphatic carbocycles. The summed E-state index contributed by atoms with van der Waals surface area (Å²) in [5, 5.41) is 0. The summed E-state index contributed by atoms with van der Waals surface area (Å²) in [6.45, 7) is 7.01. The molecule has 0 radical (unpaired) electrons. The van der Waals surface area contributed by atoms with Crippen molar-refractivity contribution in [3.63, 3.8) is 0 Å². The predicted octanol–water partition coefficient (Wildman–Crippen LogP) is 3.81. The standard InChI is InChI=1S/C25H34O6/c1-14(26)30-13-21(29)20-8-7-19-18-6-5-16-11-17(28)9-10-24(16,3)23(18)22(31-15(2)27)12-25(19,20)4/h11,18-20,22-23H,5-10,12-13H2,1-4H3/t18?,19?,20-,22?,23?,24+,25+/m1/s1. The molecule has 0 amide bonds. The number of ketones is 2. The highest BCUT2D eigenvalue weighted by atomic mass is 16.5. The van der Waals surface area contributed by atoms with Crippen molar-refractivity contribution in [1.82, 2.24) is 0 Å². The predicted molar refractivity (Wildman–Crippen MR) is 113 cm³/mol. The van der Waals surface area contributed by atoms with Crippen molar-refractivity contribution in [2.24, 2.45) is 34.5 Å². The lowest BCUT2D eigenvalue weighted by molar-refractivity contribution is -0.177. The molecule has 0 aliphatic heterocycles. The smallest absolute Gasteiger partial charge is 0.303 e. The van der Waals surface area contributed by atoms with Gasteiger partial charge in [-0.1, -0.05) is 19.4 Å². The summed E-state index contributed by atoms with van der Waals surface area (Å²) >= 11 is 0. The lowest BCUT2D eigenvalue weighted by Crippen LogP contribution is -2.58. The highest BCUT2D eigenvalue weighted by Gasteiger charge is 2.64. The second kappa shape index (κ2) is 7.86. The van der Waals surface area contributed by atoms with E-state index in [1.807, 2.05) is 6.08 Å². The zero-order valence-electron chi connectivity index (χ0n) is 19.1. The molecule has 3 fully saturated rings. The molecule has 0 N–H and O–H groups in total. The molecule has 7 atom stereocenters. The summed E-state index contributed by atoms with van der Waals surface area (Å²) in [7, 11) is 0. The second-order valence-electron chi connectivity index (χ2n) is 10.6. The fourth-order valence-corrected chi connectivity index (χ4v) is 7.78. The summed E-state index contributed by atoms with van der Waals surface area (Å²) < 4.78 is 11.0. The monoisotopic (exact) mass is 430 g/mol. The maximum atomic E-state index is 13.0. The van der Waals surface area contributed by atoms with Crippen molar-refractivity contribution < 1.29 is 28.7 Å². The molecule has 0 heterocycles. The molecule has 4 aliphatic rings. The van der Waals surface area contributed by atoms with Crippen molar-refractivity contribution in [2.45, 2.75) is 78.7 Å². The van der Waals surface area contributed by atoms with Crippen molar-refractivity contribution in [3.05, 3.63) is 11.6 Å². The van der Waals surface area contributed by atoms with E-state index in [2.05, 4.69) is 13.8 Å². The number of ether oxygens (including phenoxy) is 2. The maximum Gasteiger partial charge on any atom is 0.303 e. The van der Waals surface area contributed by atoms with Gasteiger partial charge in [0.15, 0.2) is 11.6 Å². The van der Waals surface area contributed by atoms with Gasteiger partial charge in [-0.25, -0.2) is 0 Å². The van der Waals surface area contributed by atoms with Crippen LogP contribution >= 0.6 is 0 Å². The first-order valence-electron chi connectivity index (χ1n) is 11.6. The van der Waals surface area contributed by atoms with Crippen LogP contribution in [-0.2, 0) is 28.7 Å². The number of rotatable bonds is 4. The lowest BCUT2D eigenvalue weighted by Gasteiger charge is -2.60. The number of hydrogen-bond donors (Lipinski definition) is 0. The molecular formula is C25H34O6. The first kappa shape index (κ1) is 22.2. The topological polar surface area (TPSA) is 86.7 Å². The maximum absolute atomic E-state index is 13.0. The van der Waals surface area contributed by atoms with Crippen LogP contribution in [0.15, 0.2) is 11.6 Å². The first-order chi connectivity index (χ1) is 14.6. The van der Waals surface area contributed by atoms with Gasteiger partial charge in [-0.05, 0) is 67.3 Å². The van der Waals surface area contributed by atoms with Crippen LogP contribution in [-0.4, -0.2) is 36.2 Å². The summed E-state index contributed by atoms with van der Waals surface area (Å²) in [5.74, 6) is 0.146. The number of esters is 2. The number of carbonyl (C=O) groups is 4. The van der Waals surface area contributed by atoms with Gasteiger partial charge in [-0.15, -0.1) is 0 Å². The van der Waals surface area contributed by atoms with E-state index in [1.54, 1.807) is 0 Å². The number of carbonyl (C=O) groups excluding carboxylic acids is 4. The van der Waals surface area contributed by atoms with Crippen LogP contribution in [0, 0.1) is 34.5 Å². The van der Waals surface area contributed by atoms with E-state index < -0.39 is 5.97 Å². The molecular weight excluding hydrogens is 396 g/mol. The Morgan fingerprint density at radius 3 is 2.48 bits per heavy atom. The van der Waals surface area contributed by atoms with Crippen molar-refractivity contribution in [1.29, 1.82) is 0 Å². The largest absolute Gasteiger partial charge is 0.462 e. The van der Waals surface area contributed by atoms with Crippen LogP contribution in [0.3, 0.4) is 0 Å². The third-order valence-corrected chi connectivity index (χ3v) is 9.00. The van der Waals surface area contributed by atoms with E-state index in [4.69, 9.17) is 9.47 Å². The zero-order valence-corrected chi connectivity index (χ0v) is 19.1. The van der Waals surface area contributed by atoms with E-state index in [0.29, 0.717) is 24.7 Å². The average molecular weight is 431 g/mol. The van der Waals surface area contributed by atoms with Gasteiger partial charge in [-0.2, -0.15) is 0 Å². The number of fused-ring (bicyclic) bond motifs is 5. The molecule has 31 heavy (non-hydrogen) atoms. The Kier molecular flexibility index (Phi) is 5.63. The Hall–Kier alpha value is -1.98. The lowest BCUT2D eigenvalue weighted by atomic mass is 9.46. The SMILES string of the molecule is CC(=O)OCC(=O)[C@H]1CCC2C3CCC4=CC(=O)CC[C@]4(C)C3C(OC(C)=O)C[C@@]21C. The Morgan fingerprint density at radius 2 is 1.81 bits per heavy atom. The van der Waals surface area contributed by atoms with Crippen LogP contribution in [0.1, 0.15) is 72.6 Å². The molecule has 4 unspecified atom stereocenters. The van der Waals surface area contributed by atoms with Crippen LogP contribution in [0.4, 0.5) is 0 Å². The van der Waals surface area contributed by atoms with Gasteiger partial charge in [-0.3, -0.25) is 19.2 Å². The minimum absolute atomic E-state index is 0.0221. The Labute approximate surface area is 184 Å². The van der Waals surface area contributed by atoms with Crippen molar-refractivity contribution >= 4 is 23.5 Å². The van der Waals surface area contributed by atoms with E-state index >= 15 is 0 Å². The fraction of sp³-hybridized carbons (Fsp3) is 0.760. The van der Waals surface area contributed by atoms with Gasteiger partial charge in [0.05, 0.1) is 0 Å². The third kappa shape index (κ3) is 3.66. The van der Waals surface area contributed by atoms with E-state index in [0.717, 1.165) is 32.1 Å². The van der Waals surface area contributed by atoms with Gasteiger partial charge in [0.2, 0.25) is 0 Å². The molecule has 0 saturated heterocycles. The Morgan fingerprint density at radius 1 is 1.06 bits per heavy atom. The van der Waals surface area contributed by atoms with E-state index in [9.17, 15) is 19.2 Å². The first-order valence-corrected chi connectivity index (χ1v) is 11.6. The number of hydrogen-bond acceptors (Lipinski definition) is 6. The van der Waals surface area contributed by atoms with Crippen LogP contribution in [0.2, 0.25) is 0 Å². The quantitative estimate of drug-likeness (QED) is 0.631. The minimum Gasteiger partial charge on any atom is -0.462 e. The van der Waals surface area contributed by atoms with Gasteiger partial charge in [0.1, 0.15) is 12.7 Å². The van der Waals surface area contributed by atoms with Gasteiger partial charge in [0, 0.05) is 32.1 Å². The van der Waals surface area contributed by atoms with E-state index in [-0.39, 0.29) is 52.9 Å². The third-order valence-electron chi connectivity index (χ3n) is 9.00. The van der Waals surface area contributed by atoms with Crippen LogP contribution < -0.4 is 0 Å². The van der Waals surface area contributed by atoms with Crippen molar-refractivity contribution in [3.8, 4) is 0 Å². The summed E-state index contributed by atoms with van der Waals surface area (Å²) in [4.78, 5) is 48.4. The average Bonchev–Trinajstić information content (AvgIpc) is 3.02. The highest BCUT2D eigenvalue weighted by molar-refractivity contribution is 5.91. The molecule has 0 aromatic rings. The molecule has 6 heteroatoms. The molecule has 6 nitrogen and oxygen atoms in total. The zero-order chi connectivity index (χ0) is 22.6. The Balaban J connectivity index is 1.68. The van der Waals surface area contributed by atoms with Gasteiger partial charge >= 0.3 is 11.9 Å². The molecule has 170 valence electrons. The number of Topliss-reactive ketones (excluding diaryl/α,β-unsaturated/α-hetero) is 1. The molecule has 4 rings (SSSR count). The van der Waals surface area contributed by atoms with Gasteiger partial charge in [0.25, 0.3) is 0 Å². The molecule has 3 saturated carbocycles. The molecule has 0 bridgehead atoms. The minimum atomic E-state index is -0.444.